The zero-order valence-corrected chi connectivity index (χ0v) is 31.6. The first-order chi connectivity index (χ1) is 25.8. The van der Waals surface area contributed by atoms with Gasteiger partial charge >= 0.3 is 17.9 Å². The third-order valence-electron chi connectivity index (χ3n) is 12.2. The Balaban J connectivity index is 1.01. The van der Waals surface area contributed by atoms with Crippen molar-refractivity contribution in [3.63, 3.8) is 0 Å². The monoisotopic (exact) mass is 776 g/mol. The molecule has 2 N–H and O–H groups in total. The molecule has 3 aliphatic heterocycles. The van der Waals surface area contributed by atoms with Crippen molar-refractivity contribution in [3.8, 4) is 11.5 Å². The molecule has 6 atom stereocenters. The van der Waals surface area contributed by atoms with Crippen LogP contribution in [0.1, 0.15) is 69.1 Å². The minimum absolute atomic E-state index is 0.0683. The molecule has 1 spiro atoms. The van der Waals surface area contributed by atoms with Crippen LogP contribution in [0.4, 0.5) is 11.4 Å². The number of cyclic esters (lactones) is 1. The number of aliphatic hydroxyl groups is 1. The maximum Gasteiger partial charge on any atom is 0.338 e. The highest BCUT2D eigenvalue weighted by Gasteiger charge is 2.73. The average Bonchev–Trinajstić information content (AvgIpc) is 3.80. The highest BCUT2D eigenvalue weighted by molar-refractivity contribution is 6.39. The van der Waals surface area contributed by atoms with E-state index in [0.29, 0.717) is 64.3 Å². The van der Waals surface area contributed by atoms with Gasteiger partial charge in [-0.05, 0) is 86.4 Å². The molecule has 0 aromatic heterocycles. The Kier molecular flexibility index (Phi) is 8.70. The summed E-state index contributed by atoms with van der Waals surface area (Å²) in [6.45, 7) is 4.93. The number of para-hydroxylation sites is 2. The summed E-state index contributed by atoms with van der Waals surface area (Å²) in [6.07, 6.45) is 1.47. The third kappa shape index (κ3) is 5.94. The fourth-order valence-corrected chi connectivity index (χ4v) is 10.2. The number of benzene rings is 3. The molecule has 3 aromatic carbocycles. The normalized spacial score (nSPS) is 30.2. The highest BCUT2D eigenvalue weighted by Crippen LogP contribution is 2.66. The number of halogens is 2. The fraction of sp³-hybridized carbons (Fsp3) is 0.488. The number of hydrogen-bond acceptors (Lipinski definition) is 11. The Bertz CT molecular complexity index is 2030. The van der Waals surface area contributed by atoms with Crippen LogP contribution in [0.15, 0.2) is 54.6 Å². The number of hydrogen-bond donors (Lipinski definition) is 2. The van der Waals surface area contributed by atoms with Crippen LogP contribution in [-0.2, 0) is 46.9 Å². The van der Waals surface area contributed by atoms with Crippen LogP contribution in [0.25, 0.3) is 0 Å². The van der Waals surface area contributed by atoms with E-state index in [2.05, 4.69) is 10.2 Å². The molecule has 9 rings (SSSR count). The summed E-state index contributed by atoms with van der Waals surface area (Å²) in [4.78, 5) is 42.0. The van der Waals surface area contributed by atoms with Crippen LogP contribution in [0.2, 0.25) is 10.0 Å². The van der Waals surface area contributed by atoms with E-state index < -0.39 is 53.0 Å². The second-order valence-corrected chi connectivity index (χ2v) is 16.8. The van der Waals surface area contributed by atoms with Gasteiger partial charge in [-0.3, -0.25) is 14.5 Å². The molecule has 3 heterocycles. The number of piperidine rings is 1. The molecular formula is C41H42Cl2N2O9. The van der Waals surface area contributed by atoms with Crippen LogP contribution in [0.3, 0.4) is 0 Å². The molecule has 3 aliphatic carbocycles. The fourth-order valence-electron chi connectivity index (χ4n) is 9.71. The van der Waals surface area contributed by atoms with E-state index in [1.807, 2.05) is 30.3 Å². The van der Waals surface area contributed by atoms with Gasteiger partial charge in [0.05, 0.1) is 39.6 Å². The van der Waals surface area contributed by atoms with Crippen LogP contribution in [0.5, 0.6) is 11.5 Å². The molecule has 13 heteroatoms. The largest absolute Gasteiger partial charge is 0.481 e. The Morgan fingerprint density at radius 3 is 2.52 bits per heavy atom. The Hall–Kier alpha value is -3.87. The lowest BCUT2D eigenvalue weighted by Crippen LogP contribution is -2.77. The van der Waals surface area contributed by atoms with Gasteiger partial charge in [-0.25, -0.2) is 4.79 Å². The van der Waals surface area contributed by atoms with Crippen molar-refractivity contribution < 1.29 is 43.2 Å². The number of nitrogens with zero attached hydrogens (tertiary/aromatic N) is 1. The molecular weight excluding hydrogens is 735 g/mol. The first-order valence-electron chi connectivity index (χ1n) is 18.7. The summed E-state index contributed by atoms with van der Waals surface area (Å²) in [6, 6.07) is 16.2. The average molecular weight is 778 g/mol. The molecule has 54 heavy (non-hydrogen) atoms. The summed E-state index contributed by atoms with van der Waals surface area (Å²) in [5.41, 5.74) is 1.66. The van der Waals surface area contributed by atoms with Gasteiger partial charge in [0.2, 0.25) is 5.79 Å². The first kappa shape index (κ1) is 35.8. The molecule has 0 radical (unpaired) electrons. The van der Waals surface area contributed by atoms with Crippen molar-refractivity contribution in [2.45, 2.75) is 106 Å². The second kappa shape index (κ2) is 13.1. The van der Waals surface area contributed by atoms with Gasteiger partial charge in [0.25, 0.3) is 0 Å². The van der Waals surface area contributed by atoms with Crippen LogP contribution < -0.4 is 14.8 Å². The smallest absolute Gasteiger partial charge is 0.338 e. The Morgan fingerprint density at radius 1 is 1.00 bits per heavy atom. The van der Waals surface area contributed by atoms with E-state index in [4.69, 9.17) is 46.9 Å². The standard InChI is InChI=1S/C41H42Cl2N2O9/c1-39(2)53-30(38(48)54-39)20-33(47)51-29-14-15-41(49)31-18-24-12-13-28(36-34(24)40(41,37(29)52-36)16-17-45(31)21-22-10-11-22)50-32(46)19-23-6-3-4-9-27(23)44-35-25(42)7-5-8-26(35)43/h3-9,12-13,22,29-31,37,44,49H,10-11,14-21H2,1-2H3/t29?,30?,31-,37?,40+,41-/m1/s1. The highest BCUT2D eigenvalue weighted by atomic mass is 35.5. The van der Waals surface area contributed by atoms with E-state index in [1.165, 1.54) is 12.8 Å². The quantitative estimate of drug-likeness (QED) is 0.174. The van der Waals surface area contributed by atoms with Crippen LogP contribution >= 0.6 is 23.2 Å². The SMILES string of the molecule is CC1(C)OC(=O)C(CC(=O)OC2CC[C@@]3(O)[C@H]4Cc5ccc(OC(=O)Cc6ccccc6Nc6c(Cl)cccc6Cl)c6c5[C@@]3(CCN4CC3CC3)C2O6)O1. The van der Waals surface area contributed by atoms with Gasteiger partial charge in [-0.2, -0.15) is 0 Å². The van der Waals surface area contributed by atoms with Crippen LogP contribution in [-0.4, -0.2) is 76.7 Å². The topological polar surface area (TPSA) is 133 Å². The van der Waals surface area contributed by atoms with Gasteiger partial charge in [-0.1, -0.05) is 53.5 Å². The lowest BCUT2D eigenvalue weighted by atomic mass is 9.48. The molecule has 2 saturated heterocycles. The van der Waals surface area contributed by atoms with E-state index >= 15 is 0 Å². The van der Waals surface area contributed by atoms with Gasteiger partial charge in [-0.15, -0.1) is 0 Å². The minimum atomic E-state index is -1.17. The Labute approximate surface area is 323 Å². The number of likely N-dealkylation sites (tertiary alicyclic amines) is 1. The summed E-state index contributed by atoms with van der Waals surface area (Å²) in [5, 5.41) is 17.1. The van der Waals surface area contributed by atoms with Crippen molar-refractivity contribution >= 4 is 52.5 Å². The third-order valence-corrected chi connectivity index (χ3v) is 12.8. The molecule has 2 bridgehead atoms. The number of rotatable bonds is 10. The number of nitrogens with one attached hydrogen (secondary N) is 1. The number of esters is 3. The van der Waals surface area contributed by atoms with Crippen molar-refractivity contribution in [2.24, 2.45) is 5.92 Å². The predicted molar refractivity (Wildman–Crippen MR) is 198 cm³/mol. The number of carbonyl (C=O) groups is 3. The van der Waals surface area contributed by atoms with Crippen molar-refractivity contribution in [1.82, 2.24) is 4.90 Å². The molecule has 11 nitrogen and oxygen atoms in total. The van der Waals surface area contributed by atoms with Gasteiger partial charge < -0.3 is 34.1 Å². The molecule has 3 aromatic rings. The maximum atomic E-state index is 13.7. The summed E-state index contributed by atoms with van der Waals surface area (Å²) >= 11 is 12.8. The van der Waals surface area contributed by atoms with Crippen molar-refractivity contribution in [2.75, 3.05) is 18.4 Å². The van der Waals surface area contributed by atoms with Crippen molar-refractivity contribution in [3.05, 3.63) is 81.3 Å². The van der Waals surface area contributed by atoms with E-state index in [0.717, 1.165) is 24.2 Å². The van der Waals surface area contributed by atoms with E-state index in [-0.39, 0.29) is 24.6 Å². The van der Waals surface area contributed by atoms with E-state index in [9.17, 15) is 19.5 Å². The maximum absolute atomic E-state index is 13.7. The summed E-state index contributed by atoms with van der Waals surface area (Å²) in [7, 11) is 0. The predicted octanol–water partition coefficient (Wildman–Crippen LogP) is 6.43. The van der Waals surface area contributed by atoms with Crippen LogP contribution in [0, 0.1) is 5.92 Å². The number of anilines is 2. The number of carbonyl (C=O) groups excluding carboxylic acids is 3. The molecule has 0 amide bonds. The summed E-state index contributed by atoms with van der Waals surface area (Å²) < 4.78 is 30.0. The van der Waals surface area contributed by atoms with Gasteiger partial charge in [0.1, 0.15) is 12.2 Å². The second-order valence-electron chi connectivity index (χ2n) is 16.0. The zero-order valence-electron chi connectivity index (χ0n) is 30.1. The first-order valence-corrected chi connectivity index (χ1v) is 19.5. The summed E-state index contributed by atoms with van der Waals surface area (Å²) in [5.74, 6) is -1.58. The molecule has 3 unspecified atom stereocenters. The lowest BCUT2D eigenvalue weighted by Gasteiger charge is -2.64. The minimum Gasteiger partial charge on any atom is -0.481 e. The van der Waals surface area contributed by atoms with Gasteiger partial charge in [0, 0.05) is 37.7 Å². The molecule has 4 fully saturated rings. The zero-order chi connectivity index (χ0) is 37.6. The Morgan fingerprint density at radius 2 is 1.78 bits per heavy atom. The molecule has 6 aliphatic rings. The number of ether oxygens (including phenoxy) is 5. The lowest BCUT2D eigenvalue weighted by molar-refractivity contribution is -0.217. The van der Waals surface area contributed by atoms with E-state index in [1.54, 1.807) is 38.1 Å². The molecule has 284 valence electrons. The van der Waals surface area contributed by atoms with Gasteiger partial charge in [0.15, 0.2) is 17.6 Å². The molecule has 2 saturated carbocycles. The van der Waals surface area contributed by atoms with Crippen molar-refractivity contribution in [1.29, 1.82) is 0 Å².